The van der Waals surface area contributed by atoms with Gasteiger partial charge in [0.1, 0.15) is 0 Å². The van der Waals surface area contributed by atoms with Crippen molar-refractivity contribution in [3.8, 4) is 0 Å². The van der Waals surface area contributed by atoms with Gasteiger partial charge in [-0.25, -0.2) is 0 Å². The quantitative estimate of drug-likeness (QED) is 0.839. The van der Waals surface area contributed by atoms with E-state index in [1.54, 1.807) is 4.90 Å². The third-order valence-corrected chi connectivity index (χ3v) is 5.85. The maximum absolute atomic E-state index is 13.9. The summed E-state index contributed by atoms with van der Waals surface area (Å²) in [6, 6.07) is 9.13. The average molecular weight is 369 g/mol. The molecular formula is C19H26F3N3O. The molecule has 1 aromatic carbocycles. The van der Waals surface area contributed by atoms with E-state index in [4.69, 9.17) is 5.73 Å². The van der Waals surface area contributed by atoms with Gasteiger partial charge in [0, 0.05) is 19.1 Å². The zero-order valence-corrected chi connectivity index (χ0v) is 14.8. The van der Waals surface area contributed by atoms with Crippen molar-refractivity contribution in [1.29, 1.82) is 0 Å². The van der Waals surface area contributed by atoms with Crippen LogP contribution < -0.4 is 11.1 Å². The largest absolute Gasteiger partial charge is 0.404 e. The van der Waals surface area contributed by atoms with Gasteiger partial charge in [-0.3, -0.25) is 9.69 Å². The molecule has 1 saturated carbocycles. The molecule has 0 aromatic heterocycles. The molecule has 1 aromatic rings. The summed E-state index contributed by atoms with van der Waals surface area (Å²) in [6.07, 6.45) is -2.31. The van der Waals surface area contributed by atoms with Crippen molar-refractivity contribution in [3.63, 3.8) is 0 Å². The molecule has 1 aliphatic carbocycles. The Labute approximate surface area is 151 Å². The number of likely N-dealkylation sites (tertiary alicyclic amines) is 1. The van der Waals surface area contributed by atoms with Gasteiger partial charge in [-0.2, -0.15) is 13.2 Å². The predicted octanol–water partition coefficient (Wildman–Crippen LogP) is 2.68. The van der Waals surface area contributed by atoms with Crippen molar-refractivity contribution >= 4 is 5.91 Å². The smallest absolute Gasteiger partial charge is 0.352 e. The van der Waals surface area contributed by atoms with Gasteiger partial charge in [0.05, 0.1) is 0 Å². The first-order chi connectivity index (χ1) is 12.4. The zero-order valence-electron chi connectivity index (χ0n) is 14.8. The topological polar surface area (TPSA) is 58.4 Å². The van der Waals surface area contributed by atoms with Crippen LogP contribution >= 0.6 is 0 Å². The first kappa shape index (κ1) is 19.2. The molecule has 144 valence electrons. The number of nitrogens with two attached hydrogens (primary N) is 1. The third-order valence-electron chi connectivity index (χ3n) is 5.85. The van der Waals surface area contributed by atoms with Gasteiger partial charge in [0.2, 0.25) is 5.91 Å². The minimum Gasteiger partial charge on any atom is -0.352 e. The monoisotopic (exact) mass is 369 g/mol. The molecule has 0 radical (unpaired) electrons. The Hall–Kier alpha value is -1.60. The fourth-order valence-corrected chi connectivity index (χ4v) is 4.23. The number of hydrogen-bond acceptors (Lipinski definition) is 3. The number of carbonyl (C=O) groups excluding carboxylic acids is 1. The van der Waals surface area contributed by atoms with E-state index in [9.17, 15) is 18.0 Å². The summed E-state index contributed by atoms with van der Waals surface area (Å²) in [7, 11) is 0. The van der Waals surface area contributed by atoms with E-state index in [2.05, 4.69) is 5.32 Å². The van der Waals surface area contributed by atoms with Gasteiger partial charge in [-0.15, -0.1) is 0 Å². The Morgan fingerprint density at radius 1 is 1.27 bits per heavy atom. The molecule has 1 heterocycles. The summed E-state index contributed by atoms with van der Waals surface area (Å²) in [5.41, 5.74) is 4.32. The lowest BCUT2D eigenvalue weighted by atomic mass is 9.84. The summed E-state index contributed by atoms with van der Waals surface area (Å²) in [5.74, 6) is -0.808. The van der Waals surface area contributed by atoms with Gasteiger partial charge >= 0.3 is 6.18 Å². The maximum atomic E-state index is 13.9. The molecule has 26 heavy (non-hydrogen) atoms. The number of hydrogen-bond donors (Lipinski definition) is 2. The van der Waals surface area contributed by atoms with Crippen LogP contribution in [0.2, 0.25) is 0 Å². The second kappa shape index (κ2) is 7.56. The van der Waals surface area contributed by atoms with E-state index in [-0.39, 0.29) is 31.5 Å². The second-order valence-electron chi connectivity index (χ2n) is 7.53. The Morgan fingerprint density at radius 3 is 2.65 bits per heavy atom. The minimum atomic E-state index is -4.57. The van der Waals surface area contributed by atoms with Gasteiger partial charge in [-0.05, 0) is 43.8 Å². The van der Waals surface area contributed by atoms with Crippen LogP contribution in [0.25, 0.3) is 0 Å². The number of rotatable bonds is 5. The molecule has 1 saturated heterocycles. The number of halogens is 3. The molecule has 2 aliphatic rings. The number of nitrogens with zero attached hydrogens (tertiary/aromatic N) is 1. The summed E-state index contributed by atoms with van der Waals surface area (Å²) in [6.45, 7) is 0.773. The predicted molar refractivity (Wildman–Crippen MR) is 93.2 cm³/mol. The number of alkyl halides is 3. The van der Waals surface area contributed by atoms with E-state index >= 15 is 0 Å². The van der Waals surface area contributed by atoms with E-state index < -0.39 is 17.5 Å². The normalized spacial score (nSPS) is 29.8. The molecule has 1 aliphatic heterocycles. The molecule has 3 atom stereocenters. The van der Waals surface area contributed by atoms with Crippen molar-refractivity contribution < 1.29 is 18.0 Å². The molecule has 0 bridgehead atoms. The lowest BCUT2D eigenvalue weighted by Crippen LogP contribution is -2.55. The fourth-order valence-electron chi connectivity index (χ4n) is 4.23. The highest BCUT2D eigenvalue weighted by Gasteiger charge is 2.63. The third kappa shape index (κ3) is 3.74. The van der Waals surface area contributed by atoms with Crippen molar-refractivity contribution in [2.75, 3.05) is 19.6 Å². The summed E-state index contributed by atoms with van der Waals surface area (Å²) in [4.78, 5) is 14.5. The highest BCUT2D eigenvalue weighted by Crippen LogP contribution is 2.46. The lowest BCUT2D eigenvalue weighted by Gasteiger charge is -2.33. The summed E-state index contributed by atoms with van der Waals surface area (Å²) in [5, 5.41) is 2.69. The SMILES string of the molecule is NCC1CCCC1NC(=O)C1(C(F)(F)F)CCN(Cc2ccccc2)C1. The lowest BCUT2D eigenvalue weighted by molar-refractivity contribution is -0.218. The van der Waals surface area contributed by atoms with Crippen molar-refractivity contribution in [2.24, 2.45) is 17.1 Å². The van der Waals surface area contributed by atoms with Gasteiger partial charge < -0.3 is 11.1 Å². The van der Waals surface area contributed by atoms with Crippen LogP contribution in [-0.4, -0.2) is 42.7 Å². The first-order valence-corrected chi connectivity index (χ1v) is 9.20. The maximum Gasteiger partial charge on any atom is 0.404 e. The molecule has 4 nitrogen and oxygen atoms in total. The number of benzene rings is 1. The molecule has 3 rings (SSSR count). The van der Waals surface area contributed by atoms with Crippen LogP contribution in [0, 0.1) is 11.3 Å². The Balaban J connectivity index is 1.72. The van der Waals surface area contributed by atoms with Gasteiger partial charge in [-0.1, -0.05) is 36.8 Å². The van der Waals surface area contributed by atoms with E-state index in [0.29, 0.717) is 19.5 Å². The number of nitrogens with one attached hydrogen (secondary N) is 1. The van der Waals surface area contributed by atoms with Crippen molar-refractivity contribution in [1.82, 2.24) is 10.2 Å². The fraction of sp³-hybridized carbons (Fsp3) is 0.632. The summed E-state index contributed by atoms with van der Waals surface area (Å²) >= 11 is 0. The van der Waals surface area contributed by atoms with Crippen LogP contribution in [0.4, 0.5) is 13.2 Å². The molecular weight excluding hydrogens is 343 g/mol. The zero-order chi connectivity index (χ0) is 18.8. The van der Waals surface area contributed by atoms with Gasteiger partial charge in [0.15, 0.2) is 5.41 Å². The van der Waals surface area contributed by atoms with E-state index in [1.165, 1.54) is 0 Å². The molecule has 3 unspecified atom stereocenters. The van der Waals surface area contributed by atoms with Crippen LogP contribution in [0.15, 0.2) is 30.3 Å². The van der Waals surface area contributed by atoms with Crippen molar-refractivity contribution in [3.05, 3.63) is 35.9 Å². The highest BCUT2D eigenvalue weighted by atomic mass is 19.4. The van der Waals surface area contributed by atoms with Crippen LogP contribution in [0.1, 0.15) is 31.2 Å². The average Bonchev–Trinajstić information content (AvgIpc) is 3.22. The standard InChI is InChI=1S/C19H26F3N3O/c20-19(21,22)18(17(26)24-16-8-4-7-15(16)11-23)9-10-25(13-18)12-14-5-2-1-3-6-14/h1-3,5-6,15-16H,4,7-13,23H2,(H,24,26). The highest BCUT2D eigenvalue weighted by molar-refractivity contribution is 5.84. The van der Waals surface area contributed by atoms with Crippen LogP contribution in [0.5, 0.6) is 0 Å². The summed E-state index contributed by atoms with van der Waals surface area (Å²) < 4.78 is 41.8. The first-order valence-electron chi connectivity index (χ1n) is 9.20. The Kier molecular flexibility index (Phi) is 5.58. The van der Waals surface area contributed by atoms with Crippen molar-refractivity contribution in [2.45, 2.75) is 44.4 Å². The second-order valence-corrected chi connectivity index (χ2v) is 7.53. The molecule has 0 spiro atoms. The van der Waals surface area contributed by atoms with Gasteiger partial charge in [0.25, 0.3) is 0 Å². The number of amides is 1. The molecule has 2 fully saturated rings. The van der Waals surface area contributed by atoms with E-state index in [0.717, 1.165) is 18.4 Å². The Morgan fingerprint density at radius 2 is 2.00 bits per heavy atom. The van der Waals surface area contributed by atoms with Crippen LogP contribution in [-0.2, 0) is 11.3 Å². The van der Waals surface area contributed by atoms with Crippen LogP contribution in [0.3, 0.4) is 0 Å². The molecule has 3 N–H and O–H groups in total. The number of carbonyl (C=O) groups is 1. The Bertz CT molecular complexity index is 622. The minimum absolute atomic E-state index is 0.0751. The van der Waals surface area contributed by atoms with E-state index in [1.807, 2.05) is 30.3 Å². The molecule has 1 amide bonds. The molecule has 7 heteroatoms.